The van der Waals surface area contributed by atoms with E-state index in [0.29, 0.717) is 44.9 Å². The molecule has 0 aromatic heterocycles. The van der Waals surface area contributed by atoms with Crippen LogP contribution < -0.4 is 0 Å². The van der Waals surface area contributed by atoms with Crippen LogP contribution in [0.3, 0.4) is 0 Å². The molecule has 0 radical (unpaired) electrons. The molecule has 2 heterocycles. The second kappa shape index (κ2) is 12.9. The Morgan fingerprint density at radius 3 is 2.31 bits per heavy atom. The van der Waals surface area contributed by atoms with Crippen molar-refractivity contribution in [2.45, 2.75) is 70.7 Å². The highest BCUT2D eigenvalue weighted by molar-refractivity contribution is 5.76. The second-order valence-corrected chi connectivity index (χ2v) is 11.5. The largest absolute Gasteiger partial charge is 0.466 e. The van der Waals surface area contributed by atoms with E-state index >= 15 is 0 Å². The Hall–Kier alpha value is -2.63. The van der Waals surface area contributed by atoms with Crippen LogP contribution >= 0.6 is 0 Å². The fourth-order valence-corrected chi connectivity index (χ4v) is 6.07. The summed E-state index contributed by atoms with van der Waals surface area (Å²) in [6.07, 6.45) is -9.73. The van der Waals surface area contributed by atoms with Crippen molar-refractivity contribution < 1.29 is 45.3 Å². The van der Waals surface area contributed by atoms with Crippen LogP contribution in [0.25, 0.3) is 0 Å². The van der Waals surface area contributed by atoms with Gasteiger partial charge in [0.15, 0.2) is 6.29 Å². The summed E-state index contributed by atoms with van der Waals surface area (Å²) in [5.41, 5.74) is -2.76. The number of benzene rings is 2. The van der Waals surface area contributed by atoms with E-state index in [4.69, 9.17) is 14.2 Å². The zero-order chi connectivity index (χ0) is 30.7. The van der Waals surface area contributed by atoms with Gasteiger partial charge < -0.3 is 19.1 Å². The van der Waals surface area contributed by atoms with Crippen LogP contribution in [0.15, 0.2) is 48.5 Å². The molecule has 0 spiro atoms. The van der Waals surface area contributed by atoms with Gasteiger partial charge in [0.05, 0.1) is 35.9 Å². The first-order valence-corrected chi connectivity index (χ1v) is 14.2. The summed E-state index contributed by atoms with van der Waals surface area (Å²) in [5, 5.41) is 0. The fourth-order valence-electron chi connectivity index (χ4n) is 6.07. The molecule has 0 N–H and O–H groups in total. The smallest absolute Gasteiger partial charge is 0.416 e. The van der Waals surface area contributed by atoms with Crippen molar-refractivity contribution in [3.8, 4) is 0 Å². The molecule has 0 saturated carbocycles. The van der Waals surface area contributed by atoms with Crippen molar-refractivity contribution in [3.63, 3.8) is 0 Å². The monoisotopic (exact) mass is 601 g/mol. The normalized spacial score (nSPS) is 26.5. The number of hydrogen-bond acceptors (Lipinski definition) is 5. The van der Waals surface area contributed by atoms with Crippen LogP contribution in [0, 0.1) is 11.3 Å². The Morgan fingerprint density at radius 1 is 1.07 bits per heavy atom. The van der Waals surface area contributed by atoms with E-state index in [2.05, 4.69) is 4.90 Å². The number of esters is 1. The van der Waals surface area contributed by atoms with Gasteiger partial charge in [-0.1, -0.05) is 30.3 Å². The van der Waals surface area contributed by atoms with Gasteiger partial charge in [-0.05, 0) is 81.8 Å². The number of piperidine rings is 1. The van der Waals surface area contributed by atoms with Crippen molar-refractivity contribution in [3.05, 3.63) is 70.8 Å². The third-order valence-corrected chi connectivity index (χ3v) is 8.21. The van der Waals surface area contributed by atoms with Gasteiger partial charge >= 0.3 is 18.3 Å². The minimum absolute atomic E-state index is 0.00450. The van der Waals surface area contributed by atoms with Gasteiger partial charge in [-0.2, -0.15) is 26.3 Å². The van der Waals surface area contributed by atoms with Crippen molar-refractivity contribution >= 4 is 5.97 Å². The zero-order valence-corrected chi connectivity index (χ0v) is 23.9. The first kappa shape index (κ1) is 32.3. The van der Waals surface area contributed by atoms with Crippen molar-refractivity contribution in [1.82, 2.24) is 4.90 Å². The van der Waals surface area contributed by atoms with Crippen LogP contribution in [-0.4, -0.2) is 50.0 Å². The Morgan fingerprint density at radius 2 is 1.71 bits per heavy atom. The molecule has 2 aromatic rings. The summed E-state index contributed by atoms with van der Waals surface area (Å²) in [4.78, 5) is 14.9. The molecule has 2 saturated heterocycles. The van der Waals surface area contributed by atoms with Crippen LogP contribution in [-0.2, 0) is 31.4 Å². The number of carbonyl (C=O) groups is 1. The lowest BCUT2D eigenvalue weighted by atomic mass is 9.78. The summed E-state index contributed by atoms with van der Waals surface area (Å²) in [6, 6.07) is 10.9. The summed E-state index contributed by atoms with van der Waals surface area (Å²) in [7, 11) is 0. The lowest BCUT2D eigenvalue weighted by molar-refractivity contribution is -0.211. The summed E-state index contributed by atoms with van der Waals surface area (Å²) in [5.74, 6) is -0.572. The lowest BCUT2D eigenvalue weighted by Gasteiger charge is -2.44. The number of ether oxygens (including phenoxy) is 3. The summed E-state index contributed by atoms with van der Waals surface area (Å²) >= 11 is 0. The van der Waals surface area contributed by atoms with Crippen molar-refractivity contribution in [2.75, 3.05) is 32.8 Å². The van der Waals surface area contributed by atoms with Crippen molar-refractivity contribution in [2.24, 2.45) is 11.3 Å². The summed E-state index contributed by atoms with van der Waals surface area (Å²) in [6.45, 7) is 7.67. The van der Waals surface area contributed by atoms with Gasteiger partial charge in [0.1, 0.15) is 0 Å². The molecule has 0 amide bonds. The molecule has 0 bridgehead atoms. The molecular weight excluding hydrogens is 564 g/mol. The van der Waals surface area contributed by atoms with E-state index in [-0.39, 0.29) is 29.4 Å². The van der Waals surface area contributed by atoms with Gasteiger partial charge in [0.2, 0.25) is 0 Å². The molecule has 2 aliphatic heterocycles. The van der Waals surface area contributed by atoms with Crippen LogP contribution in [0.1, 0.15) is 74.3 Å². The zero-order valence-electron chi connectivity index (χ0n) is 23.9. The van der Waals surface area contributed by atoms with E-state index < -0.39 is 41.3 Å². The minimum Gasteiger partial charge on any atom is -0.466 e. The van der Waals surface area contributed by atoms with E-state index in [0.717, 1.165) is 24.9 Å². The summed E-state index contributed by atoms with van der Waals surface area (Å²) < 4.78 is 98.5. The number of likely N-dealkylation sites (tertiary alicyclic amines) is 1. The molecule has 4 rings (SSSR count). The highest BCUT2D eigenvalue weighted by Gasteiger charge is 2.43. The maximum absolute atomic E-state index is 13.5. The van der Waals surface area contributed by atoms with Gasteiger partial charge in [-0.25, -0.2) is 0 Å². The number of halogens is 6. The highest BCUT2D eigenvalue weighted by Crippen LogP contribution is 2.42. The third-order valence-electron chi connectivity index (χ3n) is 8.21. The van der Waals surface area contributed by atoms with Gasteiger partial charge in [-0.15, -0.1) is 0 Å². The number of nitrogens with zero attached hydrogens (tertiary/aromatic N) is 1. The SMILES string of the molecule is CCOC(=O)[C@@]1(C)CCCN(C[C@@H]2CCO[C@H](O[C@H](C)c3cc(C(F)(F)F)cc(C(F)(F)F)c3)[C@@H]2c2ccccc2)C1. The Balaban J connectivity index is 1.59. The fraction of sp³-hybridized carbons (Fsp3) is 0.581. The van der Waals surface area contributed by atoms with E-state index in [1.807, 2.05) is 37.3 Å². The number of rotatable bonds is 8. The van der Waals surface area contributed by atoms with Crippen LogP contribution in [0.5, 0.6) is 0 Å². The molecule has 232 valence electrons. The Labute approximate surface area is 242 Å². The maximum Gasteiger partial charge on any atom is 0.416 e. The van der Waals surface area contributed by atoms with Crippen LogP contribution in [0.2, 0.25) is 0 Å². The molecule has 5 nitrogen and oxygen atoms in total. The molecule has 2 aliphatic rings. The minimum atomic E-state index is -4.96. The first-order chi connectivity index (χ1) is 19.7. The third kappa shape index (κ3) is 7.65. The van der Waals surface area contributed by atoms with Gasteiger partial charge in [0, 0.05) is 19.0 Å². The highest BCUT2D eigenvalue weighted by atomic mass is 19.4. The Kier molecular flexibility index (Phi) is 9.94. The molecule has 0 aliphatic carbocycles. The second-order valence-electron chi connectivity index (χ2n) is 11.5. The average molecular weight is 602 g/mol. The first-order valence-electron chi connectivity index (χ1n) is 14.2. The van der Waals surface area contributed by atoms with Gasteiger partial charge in [0.25, 0.3) is 0 Å². The average Bonchev–Trinajstić information content (AvgIpc) is 2.92. The standard InChI is InChI=1S/C31H37F6NO4/c1-4-40-28(39)29(3)12-8-13-38(19-29)18-22-11-14-41-27(26(22)21-9-6-5-7-10-21)42-20(2)23-15-24(30(32,33)34)17-25(16-23)31(35,36)37/h5-7,9-10,15-17,20,22,26-27H,4,8,11-14,18-19H2,1-3H3/t20-,22+,26-,27-,29+/m1/s1. The lowest BCUT2D eigenvalue weighted by Crippen LogP contribution is -2.50. The quantitative estimate of drug-likeness (QED) is 0.230. The molecule has 42 heavy (non-hydrogen) atoms. The van der Waals surface area contributed by atoms with E-state index in [1.165, 1.54) is 6.92 Å². The topological polar surface area (TPSA) is 48.0 Å². The van der Waals surface area contributed by atoms with Gasteiger partial charge in [-0.3, -0.25) is 4.79 Å². The number of carbonyl (C=O) groups excluding carboxylic acids is 1. The molecule has 2 fully saturated rings. The maximum atomic E-state index is 13.5. The molecular formula is C31H37F6NO4. The molecule has 0 unspecified atom stereocenters. The van der Waals surface area contributed by atoms with Crippen LogP contribution in [0.4, 0.5) is 26.3 Å². The van der Waals surface area contributed by atoms with E-state index in [9.17, 15) is 31.1 Å². The Bertz CT molecular complexity index is 1170. The predicted molar refractivity (Wildman–Crippen MR) is 143 cm³/mol. The van der Waals surface area contributed by atoms with Crippen molar-refractivity contribution in [1.29, 1.82) is 0 Å². The molecule has 5 atom stereocenters. The predicted octanol–water partition coefficient (Wildman–Crippen LogP) is 7.61. The molecule has 2 aromatic carbocycles. The number of alkyl halides is 6. The van der Waals surface area contributed by atoms with E-state index in [1.54, 1.807) is 6.92 Å². The molecule has 11 heteroatoms. The number of hydrogen-bond donors (Lipinski definition) is 0.